The second kappa shape index (κ2) is 4.80. The molecule has 0 heteroatoms. The molecule has 0 aliphatic rings. The van der Waals surface area contributed by atoms with Gasteiger partial charge in [-0.05, 0) is 29.0 Å². The molecular formula is C14H18. The van der Waals surface area contributed by atoms with E-state index in [2.05, 4.69) is 45.2 Å². The van der Waals surface area contributed by atoms with Gasteiger partial charge in [-0.25, -0.2) is 0 Å². The van der Waals surface area contributed by atoms with Crippen LogP contribution in [0.15, 0.2) is 37.4 Å². The molecule has 0 fully saturated rings. The maximum atomic E-state index is 3.88. The standard InChI is InChI=1S/C14H18/c1-5-11(4)14-10-8-9-12(6-2)13(14)7-3/h5,7-11H,1,3,6H2,2,4H3. The predicted octanol–water partition coefficient (Wildman–Crippen LogP) is 4.18. The Morgan fingerprint density at radius 2 is 2.07 bits per heavy atom. The molecule has 0 nitrogen and oxygen atoms in total. The molecule has 74 valence electrons. The summed E-state index contributed by atoms with van der Waals surface area (Å²) in [5.41, 5.74) is 3.97. The maximum Gasteiger partial charge on any atom is -0.000709 e. The van der Waals surface area contributed by atoms with Gasteiger partial charge >= 0.3 is 0 Å². The van der Waals surface area contributed by atoms with Gasteiger partial charge in [0.05, 0.1) is 0 Å². The molecule has 0 amide bonds. The fourth-order valence-corrected chi connectivity index (χ4v) is 1.71. The first-order chi connectivity index (χ1) is 6.74. The van der Waals surface area contributed by atoms with Crippen LogP contribution in [-0.2, 0) is 6.42 Å². The third kappa shape index (κ3) is 1.95. The molecule has 0 aliphatic carbocycles. The molecule has 1 aromatic carbocycles. The summed E-state index contributed by atoms with van der Waals surface area (Å²) in [7, 11) is 0. The number of hydrogen-bond donors (Lipinski definition) is 0. The lowest BCUT2D eigenvalue weighted by Crippen LogP contribution is -1.96. The van der Waals surface area contributed by atoms with E-state index >= 15 is 0 Å². The highest BCUT2D eigenvalue weighted by molar-refractivity contribution is 5.58. The van der Waals surface area contributed by atoms with Crippen LogP contribution >= 0.6 is 0 Å². The van der Waals surface area contributed by atoms with Crippen molar-refractivity contribution in [3.05, 3.63) is 54.1 Å². The van der Waals surface area contributed by atoms with Crippen LogP contribution in [0.2, 0.25) is 0 Å². The molecule has 1 atom stereocenters. The summed E-state index contributed by atoms with van der Waals surface area (Å²) < 4.78 is 0. The first-order valence-electron chi connectivity index (χ1n) is 5.11. The van der Waals surface area contributed by atoms with E-state index in [-0.39, 0.29) is 0 Å². The zero-order valence-electron chi connectivity index (χ0n) is 9.09. The van der Waals surface area contributed by atoms with E-state index in [9.17, 15) is 0 Å². The minimum absolute atomic E-state index is 0.398. The summed E-state index contributed by atoms with van der Waals surface area (Å²) in [5.74, 6) is 0.398. The normalized spacial score (nSPS) is 12.1. The average Bonchev–Trinajstić information content (AvgIpc) is 2.26. The highest BCUT2D eigenvalue weighted by Crippen LogP contribution is 2.24. The van der Waals surface area contributed by atoms with Crippen LogP contribution < -0.4 is 0 Å². The number of allylic oxidation sites excluding steroid dienone is 1. The quantitative estimate of drug-likeness (QED) is 0.619. The largest absolute Gasteiger partial charge is 0.102 e. The summed E-state index contributed by atoms with van der Waals surface area (Å²) in [5, 5.41) is 0. The van der Waals surface area contributed by atoms with Crippen molar-refractivity contribution in [3.63, 3.8) is 0 Å². The number of hydrogen-bond acceptors (Lipinski definition) is 0. The number of rotatable bonds is 4. The fraction of sp³-hybridized carbons (Fsp3) is 0.286. The summed E-state index contributed by atoms with van der Waals surface area (Å²) in [4.78, 5) is 0. The SMILES string of the molecule is C=Cc1c(CC)cccc1C(C)C=C. The van der Waals surface area contributed by atoms with Gasteiger partial charge in [0.2, 0.25) is 0 Å². The highest BCUT2D eigenvalue weighted by Gasteiger charge is 2.07. The van der Waals surface area contributed by atoms with Crippen LogP contribution in [0.3, 0.4) is 0 Å². The van der Waals surface area contributed by atoms with Crippen molar-refractivity contribution in [2.45, 2.75) is 26.2 Å². The Bertz CT molecular complexity index is 334. The topological polar surface area (TPSA) is 0 Å². The van der Waals surface area contributed by atoms with Gasteiger partial charge in [-0.2, -0.15) is 0 Å². The number of benzene rings is 1. The Hall–Kier alpha value is -1.30. The van der Waals surface area contributed by atoms with Crippen molar-refractivity contribution >= 4 is 6.08 Å². The molecule has 0 bridgehead atoms. The van der Waals surface area contributed by atoms with Crippen molar-refractivity contribution in [2.75, 3.05) is 0 Å². The van der Waals surface area contributed by atoms with Crippen molar-refractivity contribution in [2.24, 2.45) is 0 Å². The van der Waals surface area contributed by atoms with E-state index in [0.717, 1.165) is 6.42 Å². The minimum Gasteiger partial charge on any atom is -0.102 e. The predicted molar refractivity (Wildman–Crippen MR) is 64.5 cm³/mol. The molecule has 14 heavy (non-hydrogen) atoms. The Morgan fingerprint density at radius 1 is 1.36 bits per heavy atom. The summed E-state index contributed by atoms with van der Waals surface area (Å²) in [6.07, 6.45) is 4.98. The first-order valence-corrected chi connectivity index (χ1v) is 5.11. The average molecular weight is 186 g/mol. The van der Waals surface area contributed by atoms with Crippen LogP contribution in [0.25, 0.3) is 6.08 Å². The molecule has 0 saturated heterocycles. The highest BCUT2D eigenvalue weighted by atomic mass is 14.1. The molecule has 0 saturated carbocycles. The molecule has 0 aliphatic heterocycles. The lowest BCUT2D eigenvalue weighted by molar-refractivity contribution is 0.956. The molecule has 0 spiro atoms. The lowest BCUT2D eigenvalue weighted by atomic mass is 9.91. The third-order valence-corrected chi connectivity index (χ3v) is 2.66. The molecule has 0 N–H and O–H groups in total. The van der Waals surface area contributed by atoms with Gasteiger partial charge < -0.3 is 0 Å². The molecule has 0 radical (unpaired) electrons. The zero-order valence-corrected chi connectivity index (χ0v) is 9.09. The molecule has 0 heterocycles. The monoisotopic (exact) mass is 186 g/mol. The van der Waals surface area contributed by atoms with E-state index in [0.29, 0.717) is 5.92 Å². The summed E-state index contributed by atoms with van der Waals surface area (Å²) >= 11 is 0. The number of aryl methyl sites for hydroxylation is 1. The van der Waals surface area contributed by atoms with Gasteiger partial charge in [-0.15, -0.1) is 6.58 Å². The molecular weight excluding hydrogens is 168 g/mol. The van der Waals surface area contributed by atoms with Gasteiger partial charge in [0.1, 0.15) is 0 Å². The van der Waals surface area contributed by atoms with Gasteiger partial charge in [0.15, 0.2) is 0 Å². The van der Waals surface area contributed by atoms with Crippen molar-refractivity contribution < 1.29 is 0 Å². The van der Waals surface area contributed by atoms with E-state index in [1.165, 1.54) is 16.7 Å². The Labute approximate surface area is 87.0 Å². The zero-order chi connectivity index (χ0) is 10.6. The van der Waals surface area contributed by atoms with E-state index < -0.39 is 0 Å². The van der Waals surface area contributed by atoms with Crippen LogP contribution in [-0.4, -0.2) is 0 Å². The van der Waals surface area contributed by atoms with Crippen LogP contribution in [0.1, 0.15) is 36.5 Å². The smallest absolute Gasteiger partial charge is 0.000709 e. The van der Waals surface area contributed by atoms with E-state index in [1.54, 1.807) is 0 Å². The van der Waals surface area contributed by atoms with Crippen molar-refractivity contribution in [1.29, 1.82) is 0 Å². The van der Waals surface area contributed by atoms with Crippen LogP contribution in [0, 0.1) is 0 Å². The maximum absolute atomic E-state index is 3.88. The summed E-state index contributed by atoms with van der Waals surface area (Å²) in [6, 6.07) is 6.43. The second-order valence-electron chi connectivity index (χ2n) is 3.50. The van der Waals surface area contributed by atoms with Crippen LogP contribution in [0.4, 0.5) is 0 Å². The van der Waals surface area contributed by atoms with E-state index in [1.807, 2.05) is 12.2 Å². The Balaban J connectivity index is 3.28. The van der Waals surface area contributed by atoms with Gasteiger partial charge in [0, 0.05) is 0 Å². The molecule has 1 aromatic rings. The molecule has 1 rings (SSSR count). The van der Waals surface area contributed by atoms with Crippen molar-refractivity contribution in [3.8, 4) is 0 Å². The molecule has 1 unspecified atom stereocenters. The Morgan fingerprint density at radius 3 is 2.57 bits per heavy atom. The lowest BCUT2D eigenvalue weighted by Gasteiger charge is -2.13. The second-order valence-corrected chi connectivity index (χ2v) is 3.50. The van der Waals surface area contributed by atoms with Gasteiger partial charge in [-0.3, -0.25) is 0 Å². The Kier molecular flexibility index (Phi) is 3.70. The van der Waals surface area contributed by atoms with Gasteiger partial charge in [0.25, 0.3) is 0 Å². The minimum atomic E-state index is 0.398. The fourth-order valence-electron chi connectivity index (χ4n) is 1.71. The van der Waals surface area contributed by atoms with Crippen LogP contribution in [0.5, 0.6) is 0 Å². The van der Waals surface area contributed by atoms with Gasteiger partial charge in [-0.1, -0.05) is 50.8 Å². The third-order valence-electron chi connectivity index (χ3n) is 2.66. The van der Waals surface area contributed by atoms with Crippen molar-refractivity contribution in [1.82, 2.24) is 0 Å². The molecule has 0 aromatic heterocycles. The first kappa shape index (κ1) is 10.8. The van der Waals surface area contributed by atoms with E-state index in [4.69, 9.17) is 0 Å². The summed E-state index contributed by atoms with van der Waals surface area (Å²) in [6.45, 7) is 12.0.